The van der Waals surface area contributed by atoms with Gasteiger partial charge in [0, 0.05) is 12.8 Å². The number of carbonyl (C=O) groups excluding carboxylic acids is 2. The standard InChI is InChI=1S/C79H147N2O7P/c1-7-10-13-16-19-22-25-28-30-32-34-36-38-40-42-44-46-48-50-53-56-59-62-65-68-71-78(82)80-76(75-87-89(84,85)86-74-73-81(4,5)6)77(70-67-64-61-58-55-52-27-24-21-18-15-12-9-3)88-79(83)72-69-66-63-60-57-54-51-49-47-45-43-41-39-37-35-33-31-29-26-23-20-17-14-11-8-2/h11,14,20,23,29,31,35,37,41,43,67,70,76-77H,7-10,12-13,15-19,21-22,24-28,30,32-34,36,38-40,42,44-66,68-69,71-75H2,1-6H3,(H-,80,82,84,85)/b14-11-,23-20-,31-29-,37-35-,43-41-,70-67+. The summed E-state index contributed by atoms with van der Waals surface area (Å²) in [7, 11) is 1.19. The van der Waals surface area contributed by atoms with Gasteiger partial charge in [-0.05, 0) is 76.7 Å². The number of hydrogen-bond donors (Lipinski definition) is 1. The van der Waals surface area contributed by atoms with E-state index in [4.69, 9.17) is 13.8 Å². The van der Waals surface area contributed by atoms with Crippen LogP contribution in [0, 0.1) is 0 Å². The Morgan fingerprint density at radius 1 is 0.404 bits per heavy atom. The first kappa shape index (κ1) is 86.5. The monoisotopic (exact) mass is 1270 g/mol. The molecule has 0 aliphatic heterocycles. The fourth-order valence-electron chi connectivity index (χ4n) is 11.3. The van der Waals surface area contributed by atoms with E-state index in [-0.39, 0.29) is 31.5 Å². The largest absolute Gasteiger partial charge is 0.756 e. The number of nitrogens with zero attached hydrogens (tertiary/aromatic N) is 1. The zero-order valence-corrected chi connectivity index (χ0v) is 60.5. The number of phosphoric acid groups is 1. The molecule has 0 aliphatic carbocycles. The summed E-state index contributed by atoms with van der Waals surface area (Å²) in [6, 6.07) is -0.893. The molecule has 0 aromatic carbocycles. The molecule has 3 atom stereocenters. The summed E-state index contributed by atoms with van der Waals surface area (Å²) in [5.41, 5.74) is 0. The van der Waals surface area contributed by atoms with Crippen molar-refractivity contribution in [3.05, 3.63) is 72.9 Å². The Hall–Kier alpha value is -2.55. The molecule has 0 aliphatic rings. The number of rotatable bonds is 70. The Balaban J connectivity index is 5.02. The van der Waals surface area contributed by atoms with Gasteiger partial charge in [0.15, 0.2) is 0 Å². The highest BCUT2D eigenvalue weighted by Gasteiger charge is 2.27. The lowest BCUT2D eigenvalue weighted by Gasteiger charge is -2.30. The summed E-state index contributed by atoms with van der Waals surface area (Å²) in [4.78, 5) is 40.3. The molecular formula is C79H147N2O7P. The van der Waals surface area contributed by atoms with Crippen LogP contribution in [-0.4, -0.2) is 69.4 Å². The second kappa shape index (κ2) is 68.3. The van der Waals surface area contributed by atoms with Crippen LogP contribution in [0.4, 0.5) is 0 Å². The van der Waals surface area contributed by atoms with Crippen LogP contribution in [0.5, 0.6) is 0 Å². The van der Waals surface area contributed by atoms with Crippen LogP contribution in [0.25, 0.3) is 0 Å². The summed E-state index contributed by atoms with van der Waals surface area (Å²) >= 11 is 0. The molecule has 1 amide bonds. The highest BCUT2D eigenvalue weighted by atomic mass is 31.2. The fourth-order valence-corrected chi connectivity index (χ4v) is 12.0. The van der Waals surface area contributed by atoms with Crippen molar-refractivity contribution in [3.8, 4) is 0 Å². The van der Waals surface area contributed by atoms with Crippen LogP contribution in [0.15, 0.2) is 72.9 Å². The molecule has 3 unspecified atom stereocenters. The third-order valence-electron chi connectivity index (χ3n) is 17.2. The van der Waals surface area contributed by atoms with Gasteiger partial charge in [0.25, 0.3) is 7.82 Å². The van der Waals surface area contributed by atoms with E-state index >= 15 is 0 Å². The maximum atomic E-state index is 13.6. The van der Waals surface area contributed by atoms with Gasteiger partial charge in [-0.3, -0.25) is 14.2 Å². The zero-order valence-electron chi connectivity index (χ0n) is 59.6. The smallest absolute Gasteiger partial charge is 0.306 e. The van der Waals surface area contributed by atoms with Crippen molar-refractivity contribution in [2.24, 2.45) is 0 Å². The van der Waals surface area contributed by atoms with Crippen LogP contribution in [-0.2, 0) is 27.9 Å². The van der Waals surface area contributed by atoms with Gasteiger partial charge in [-0.25, -0.2) is 0 Å². The van der Waals surface area contributed by atoms with E-state index in [9.17, 15) is 19.0 Å². The minimum atomic E-state index is -4.71. The molecule has 0 saturated carbocycles. The Morgan fingerprint density at radius 3 is 1.08 bits per heavy atom. The normalized spacial score (nSPS) is 13.8. The molecule has 0 spiro atoms. The van der Waals surface area contributed by atoms with Crippen molar-refractivity contribution in [1.29, 1.82) is 0 Å². The molecule has 520 valence electrons. The third-order valence-corrected chi connectivity index (χ3v) is 18.1. The first-order valence-electron chi connectivity index (χ1n) is 38.2. The van der Waals surface area contributed by atoms with E-state index in [1.165, 1.54) is 231 Å². The molecule has 0 rings (SSSR count). The molecule has 1 N–H and O–H groups in total. The SMILES string of the molecule is CC/C=C\C/C=C\C/C=C\C/C=C\C/C=C\CCCCCCCCCCCC(=O)OC(/C=C/CCCCCCCCCCCCC)C(COP(=O)([O-])OCC[N+](C)(C)C)NC(=O)CCCCCCCCCCCCCCCCCCCCCCCCCCC. The molecule has 9 nitrogen and oxygen atoms in total. The Bertz CT molecular complexity index is 1750. The molecule has 0 aromatic heterocycles. The van der Waals surface area contributed by atoms with E-state index in [1.54, 1.807) is 0 Å². The predicted octanol–water partition coefficient (Wildman–Crippen LogP) is 24.1. The van der Waals surface area contributed by atoms with Gasteiger partial charge < -0.3 is 28.5 Å². The van der Waals surface area contributed by atoms with E-state index in [1.807, 2.05) is 33.3 Å². The van der Waals surface area contributed by atoms with Crippen LogP contribution in [0.2, 0.25) is 0 Å². The molecule has 10 heteroatoms. The van der Waals surface area contributed by atoms with Crippen molar-refractivity contribution < 1.29 is 37.3 Å². The molecule has 0 aromatic rings. The fraction of sp³-hybridized carbons (Fsp3) is 0.823. The molecule has 89 heavy (non-hydrogen) atoms. The maximum absolute atomic E-state index is 13.6. The van der Waals surface area contributed by atoms with E-state index in [0.717, 1.165) is 103 Å². The number of phosphoric ester groups is 1. The van der Waals surface area contributed by atoms with Crippen molar-refractivity contribution in [2.45, 2.75) is 380 Å². The van der Waals surface area contributed by atoms with Crippen molar-refractivity contribution >= 4 is 19.7 Å². The van der Waals surface area contributed by atoms with E-state index in [0.29, 0.717) is 17.4 Å². The molecule has 0 saturated heterocycles. The van der Waals surface area contributed by atoms with E-state index < -0.39 is 20.0 Å². The lowest BCUT2D eigenvalue weighted by Crippen LogP contribution is -2.47. The molecule has 0 fully saturated rings. The van der Waals surface area contributed by atoms with Crippen molar-refractivity contribution in [2.75, 3.05) is 40.9 Å². The summed E-state index contributed by atoms with van der Waals surface area (Å²) in [5.74, 6) is -0.532. The number of unbranched alkanes of at least 4 members (excludes halogenated alkanes) is 44. The highest BCUT2D eigenvalue weighted by Crippen LogP contribution is 2.38. The predicted molar refractivity (Wildman–Crippen MR) is 385 cm³/mol. The molecular weight excluding hydrogens is 1120 g/mol. The first-order valence-corrected chi connectivity index (χ1v) is 39.7. The number of esters is 1. The lowest BCUT2D eigenvalue weighted by molar-refractivity contribution is -0.870. The molecule has 0 radical (unpaired) electrons. The van der Waals surface area contributed by atoms with E-state index in [2.05, 4.69) is 86.8 Å². The van der Waals surface area contributed by atoms with Gasteiger partial charge in [-0.2, -0.15) is 0 Å². The number of amides is 1. The molecule has 0 heterocycles. The summed E-state index contributed by atoms with van der Waals surface area (Å²) in [6.07, 6.45) is 90.4. The Morgan fingerprint density at radius 2 is 0.719 bits per heavy atom. The number of quaternary nitrogens is 1. The lowest BCUT2D eigenvalue weighted by atomic mass is 10.0. The van der Waals surface area contributed by atoms with Gasteiger partial charge in [0.2, 0.25) is 5.91 Å². The molecule has 0 bridgehead atoms. The summed E-state index contributed by atoms with van der Waals surface area (Å²) in [5, 5.41) is 3.05. The average molecular weight is 1270 g/mol. The average Bonchev–Trinajstić information content (AvgIpc) is 3.54. The number of allylic oxidation sites excluding steroid dienone is 11. The van der Waals surface area contributed by atoms with Gasteiger partial charge in [0.05, 0.1) is 33.8 Å². The number of nitrogens with one attached hydrogen (secondary N) is 1. The van der Waals surface area contributed by atoms with Crippen molar-refractivity contribution in [1.82, 2.24) is 5.32 Å². The quantitative estimate of drug-likeness (QED) is 0.0212. The summed E-state index contributed by atoms with van der Waals surface area (Å²) < 4.78 is 30.5. The highest BCUT2D eigenvalue weighted by molar-refractivity contribution is 7.45. The van der Waals surface area contributed by atoms with Crippen LogP contribution in [0.3, 0.4) is 0 Å². The van der Waals surface area contributed by atoms with Gasteiger partial charge >= 0.3 is 5.97 Å². The maximum Gasteiger partial charge on any atom is 0.306 e. The van der Waals surface area contributed by atoms with Gasteiger partial charge in [-0.1, -0.05) is 351 Å². The Kier molecular flexibility index (Phi) is 66.4. The summed E-state index contributed by atoms with van der Waals surface area (Å²) in [6.45, 7) is 6.79. The van der Waals surface area contributed by atoms with Crippen LogP contribution < -0.4 is 10.2 Å². The third kappa shape index (κ3) is 69.6. The van der Waals surface area contributed by atoms with Gasteiger partial charge in [-0.15, -0.1) is 0 Å². The minimum absolute atomic E-state index is 0.0232. The number of carbonyl (C=O) groups is 2. The minimum Gasteiger partial charge on any atom is -0.756 e. The second-order valence-electron chi connectivity index (χ2n) is 27.1. The number of hydrogen-bond acceptors (Lipinski definition) is 7. The first-order chi connectivity index (χ1) is 43.4. The topological polar surface area (TPSA) is 114 Å². The van der Waals surface area contributed by atoms with Gasteiger partial charge in [0.1, 0.15) is 19.3 Å². The van der Waals surface area contributed by atoms with Crippen molar-refractivity contribution in [3.63, 3.8) is 0 Å². The zero-order chi connectivity index (χ0) is 64.9. The second-order valence-corrected chi connectivity index (χ2v) is 28.5. The Labute approximate surface area is 553 Å². The van der Waals surface area contributed by atoms with Crippen LogP contribution >= 0.6 is 7.82 Å². The van der Waals surface area contributed by atoms with Crippen LogP contribution in [0.1, 0.15) is 367 Å². The number of likely N-dealkylation sites (N-methyl/N-ethyl adjacent to an activating group) is 1. The number of ether oxygens (including phenoxy) is 1.